The van der Waals surface area contributed by atoms with Crippen molar-refractivity contribution < 1.29 is 17.9 Å². The van der Waals surface area contributed by atoms with E-state index >= 15 is 0 Å². The third-order valence-corrected chi connectivity index (χ3v) is 5.26. The first-order valence-corrected chi connectivity index (χ1v) is 7.67. The number of nitrogens with two attached hydrogens (primary N) is 1. The molecular formula is C12H16N2O4S. The van der Waals surface area contributed by atoms with Gasteiger partial charge in [0.25, 0.3) is 0 Å². The Hall–Kier alpha value is -1.31. The summed E-state index contributed by atoms with van der Waals surface area (Å²) in [5.41, 5.74) is 5.84. The maximum atomic E-state index is 12.5. The number of benzene rings is 1. The zero-order chi connectivity index (χ0) is 13.5. The van der Waals surface area contributed by atoms with Crippen molar-refractivity contribution in [1.82, 2.24) is 4.31 Å². The Morgan fingerprint density at radius 2 is 2.05 bits per heavy atom. The van der Waals surface area contributed by atoms with Gasteiger partial charge in [-0.25, -0.2) is 8.42 Å². The second-order valence-corrected chi connectivity index (χ2v) is 6.72. The average molecular weight is 284 g/mol. The Labute approximate surface area is 112 Å². The first-order valence-electron chi connectivity index (χ1n) is 6.23. The van der Waals surface area contributed by atoms with Gasteiger partial charge in [0.15, 0.2) is 11.5 Å². The molecule has 1 aromatic rings. The third kappa shape index (κ3) is 2.29. The summed E-state index contributed by atoms with van der Waals surface area (Å²) in [7, 11) is -3.50. The first-order chi connectivity index (χ1) is 9.07. The first kappa shape index (κ1) is 12.7. The normalized spacial score (nSPS) is 23.5. The van der Waals surface area contributed by atoms with Crippen molar-refractivity contribution in [3.63, 3.8) is 0 Å². The maximum absolute atomic E-state index is 12.5. The molecule has 0 spiro atoms. The van der Waals surface area contributed by atoms with Crippen LogP contribution < -0.4 is 15.2 Å². The van der Waals surface area contributed by atoms with Gasteiger partial charge in [-0.15, -0.1) is 0 Å². The van der Waals surface area contributed by atoms with Gasteiger partial charge < -0.3 is 15.2 Å². The average Bonchev–Trinajstić information content (AvgIpc) is 2.85. The van der Waals surface area contributed by atoms with Crippen LogP contribution in [-0.4, -0.2) is 38.6 Å². The number of nitrogens with zero attached hydrogens (tertiary/aromatic N) is 1. The molecule has 2 heterocycles. The fraction of sp³-hybridized carbons (Fsp3) is 0.500. The van der Waals surface area contributed by atoms with E-state index in [2.05, 4.69) is 0 Å². The Morgan fingerprint density at radius 3 is 2.84 bits per heavy atom. The van der Waals surface area contributed by atoms with Crippen LogP contribution in [-0.2, 0) is 10.0 Å². The SMILES string of the molecule is NC1CCCN(S(=O)(=O)c2ccc3c(c2)OCO3)C1. The zero-order valence-corrected chi connectivity index (χ0v) is 11.2. The van der Waals surface area contributed by atoms with Gasteiger partial charge in [0.05, 0.1) is 4.90 Å². The second-order valence-electron chi connectivity index (χ2n) is 4.78. The number of hydrogen-bond donors (Lipinski definition) is 1. The summed E-state index contributed by atoms with van der Waals surface area (Å²) in [6.45, 7) is 1.02. The molecule has 0 amide bonds. The monoisotopic (exact) mass is 284 g/mol. The minimum atomic E-state index is -3.50. The summed E-state index contributed by atoms with van der Waals surface area (Å²) in [5.74, 6) is 1.05. The van der Waals surface area contributed by atoms with Crippen LogP contribution in [0.1, 0.15) is 12.8 Å². The third-order valence-electron chi connectivity index (χ3n) is 3.40. The smallest absolute Gasteiger partial charge is 0.243 e. The molecule has 0 saturated carbocycles. The van der Waals surface area contributed by atoms with Crippen molar-refractivity contribution in [2.45, 2.75) is 23.8 Å². The van der Waals surface area contributed by atoms with E-state index in [1.807, 2.05) is 0 Å². The number of ether oxygens (including phenoxy) is 2. The van der Waals surface area contributed by atoms with Crippen LogP contribution in [0.5, 0.6) is 11.5 Å². The van der Waals surface area contributed by atoms with Gasteiger partial charge in [0.1, 0.15) is 0 Å². The topological polar surface area (TPSA) is 81.9 Å². The van der Waals surface area contributed by atoms with Gasteiger partial charge in [-0.1, -0.05) is 0 Å². The van der Waals surface area contributed by atoms with Crippen molar-refractivity contribution in [3.8, 4) is 11.5 Å². The predicted molar refractivity (Wildman–Crippen MR) is 68.5 cm³/mol. The summed E-state index contributed by atoms with van der Waals surface area (Å²) in [6.07, 6.45) is 1.66. The van der Waals surface area contributed by atoms with E-state index in [0.29, 0.717) is 24.6 Å². The number of piperidine rings is 1. The molecule has 3 rings (SSSR count). The van der Waals surface area contributed by atoms with E-state index in [0.717, 1.165) is 12.8 Å². The van der Waals surface area contributed by atoms with E-state index in [1.54, 1.807) is 12.1 Å². The highest BCUT2D eigenvalue weighted by molar-refractivity contribution is 7.89. The lowest BCUT2D eigenvalue weighted by Crippen LogP contribution is -2.45. The molecule has 2 aliphatic rings. The van der Waals surface area contributed by atoms with Gasteiger partial charge in [-0.05, 0) is 25.0 Å². The molecule has 1 atom stereocenters. The summed E-state index contributed by atoms with van der Waals surface area (Å²) in [4.78, 5) is 0.228. The van der Waals surface area contributed by atoms with E-state index in [-0.39, 0.29) is 17.7 Å². The van der Waals surface area contributed by atoms with Crippen LogP contribution in [0, 0.1) is 0 Å². The summed E-state index contributed by atoms with van der Waals surface area (Å²) < 4.78 is 36.8. The van der Waals surface area contributed by atoms with Crippen LogP contribution in [0.4, 0.5) is 0 Å². The molecule has 104 valence electrons. The van der Waals surface area contributed by atoms with Crippen LogP contribution in [0.3, 0.4) is 0 Å². The zero-order valence-electron chi connectivity index (χ0n) is 10.4. The van der Waals surface area contributed by atoms with Gasteiger partial charge in [0.2, 0.25) is 16.8 Å². The molecule has 7 heteroatoms. The highest BCUT2D eigenvalue weighted by atomic mass is 32.2. The number of rotatable bonds is 2. The summed E-state index contributed by atoms with van der Waals surface area (Å²) >= 11 is 0. The Balaban J connectivity index is 1.91. The summed E-state index contributed by atoms with van der Waals surface area (Å²) in [5, 5.41) is 0. The molecule has 19 heavy (non-hydrogen) atoms. The van der Waals surface area contributed by atoms with Crippen molar-refractivity contribution in [3.05, 3.63) is 18.2 Å². The molecule has 0 bridgehead atoms. The molecule has 1 aromatic carbocycles. The van der Waals surface area contributed by atoms with Crippen molar-refractivity contribution in [2.24, 2.45) is 5.73 Å². The largest absolute Gasteiger partial charge is 0.454 e. The highest BCUT2D eigenvalue weighted by Gasteiger charge is 2.30. The quantitative estimate of drug-likeness (QED) is 0.856. The van der Waals surface area contributed by atoms with Crippen LogP contribution in [0.2, 0.25) is 0 Å². The van der Waals surface area contributed by atoms with Crippen LogP contribution in [0.25, 0.3) is 0 Å². The van der Waals surface area contributed by atoms with Crippen LogP contribution >= 0.6 is 0 Å². The van der Waals surface area contributed by atoms with E-state index < -0.39 is 10.0 Å². The number of sulfonamides is 1. The second kappa shape index (κ2) is 4.66. The lowest BCUT2D eigenvalue weighted by molar-refractivity contribution is 0.174. The molecule has 1 saturated heterocycles. The molecule has 1 fully saturated rings. The van der Waals surface area contributed by atoms with Gasteiger partial charge in [-0.2, -0.15) is 4.31 Å². The van der Waals surface area contributed by atoms with Crippen molar-refractivity contribution in [1.29, 1.82) is 0 Å². The standard InChI is InChI=1S/C12H16N2O4S/c13-9-2-1-5-14(7-9)19(15,16)10-3-4-11-12(6-10)18-8-17-11/h3-4,6,9H,1-2,5,7-8,13H2. The molecule has 2 aliphatic heterocycles. The minimum Gasteiger partial charge on any atom is -0.454 e. The molecule has 2 N–H and O–H groups in total. The van der Waals surface area contributed by atoms with Crippen LogP contribution in [0.15, 0.2) is 23.1 Å². The number of hydrogen-bond acceptors (Lipinski definition) is 5. The van der Waals surface area contributed by atoms with Gasteiger partial charge >= 0.3 is 0 Å². The van der Waals surface area contributed by atoms with E-state index in [1.165, 1.54) is 10.4 Å². The Morgan fingerprint density at radius 1 is 1.26 bits per heavy atom. The fourth-order valence-electron chi connectivity index (χ4n) is 2.38. The van der Waals surface area contributed by atoms with E-state index in [4.69, 9.17) is 15.2 Å². The minimum absolute atomic E-state index is 0.0856. The predicted octanol–water partition coefficient (Wildman–Crippen LogP) is 0.527. The van der Waals surface area contributed by atoms with Gasteiger partial charge in [0, 0.05) is 25.2 Å². The lowest BCUT2D eigenvalue weighted by Gasteiger charge is -2.29. The molecule has 0 aromatic heterocycles. The number of fused-ring (bicyclic) bond motifs is 1. The fourth-order valence-corrected chi connectivity index (χ4v) is 3.93. The maximum Gasteiger partial charge on any atom is 0.243 e. The molecular weight excluding hydrogens is 268 g/mol. The lowest BCUT2D eigenvalue weighted by atomic mass is 10.1. The summed E-state index contributed by atoms with van der Waals surface area (Å²) in [6, 6.07) is 4.59. The molecule has 0 aliphatic carbocycles. The highest BCUT2D eigenvalue weighted by Crippen LogP contribution is 2.34. The molecule has 6 nitrogen and oxygen atoms in total. The Bertz CT molecular complexity index is 587. The van der Waals surface area contributed by atoms with Crippen molar-refractivity contribution in [2.75, 3.05) is 19.9 Å². The van der Waals surface area contributed by atoms with Gasteiger partial charge in [-0.3, -0.25) is 0 Å². The Kier molecular flexibility index (Phi) is 3.12. The van der Waals surface area contributed by atoms with Crippen molar-refractivity contribution >= 4 is 10.0 Å². The molecule has 1 unspecified atom stereocenters. The van der Waals surface area contributed by atoms with E-state index in [9.17, 15) is 8.42 Å². The molecule has 0 radical (unpaired) electrons.